The van der Waals surface area contributed by atoms with Crippen molar-refractivity contribution in [3.63, 3.8) is 0 Å². The van der Waals surface area contributed by atoms with Gasteiger partial charge in [0.05, 0.1) is 32.0 Å². The van der Waals surface area contributed by atoms with Crippen LogP contribution in [-0.2, 0) is 23.7 Å². The summed E-state index contributed by atoms with van der Waals surface area (Å²) in [6.45, 7) is -2.02. The fraction of sp³-hybridized carbons (Fsp3) is 0.810. The van der Waals surface area contributed by atoms with E-state index in [1.807, 2.05) is 0 Å². The van der Waals surface area contributed by atoms with Crippen LogP contribution in [0.25, 0.3) is 0 Å². The second-order valence-corrected chi connectivity index (χ2v) is 9.13. The first-order valence-electron chi connectivity index (χ1n) is 11.4. The summed E-state index contributed by atoms with van der Waals surface area (Å²) in [6.07, 6.45) is -15.6. The van der Waals surface area contributed by atoms with Crippen LogP contribution in [0.5, 0.6) is 0 Å². The van der Waals surface area contributed by atoms with Crippen LogP contribution in [0.3, 0.4) is 0 Å². The van der Waals surface area contributed by atoms with Crippen molar-refractivity contribution >= 4 is 0 Å². The minimum Gasteiger partial charge on any atom is -0.472 e. The molecular formula is C21H32O15. The third-order valence-corrected chi connectivity index (χ3v) is 7.00. The Kier molecular flexibility index (Phi) is 8.35. The van der Waals surface area contributed by atoms with Crippen LogP contribution in [-0.4, -0.2) is 150 Å². The van der Waals surface area contributed by atoms with E-state index in [1.165, 1.54) is 12.2 Å². The third-order valence-electron chi connectivity index (χ3n) is 7.00. The molecule has 0 unspecified atom stereocenters. The Balaban J connectivity index is 1.60. The maximum atomic E-state index is 10.9. The van der Waals surface area contributed by atoms with E-state index >= 15 is 0 Å². The van der Waals surface area contributed by atoms with Crippen LogP contribution in [0.1, 0.15) is 0 Å². The summed E-state index contributed by atoms with van der Waals surface area (Å²) in [4.78, 5) is 0. The van der Waals surface area contributed by atoms with Crippen molar-refractivity contribution in [2.24, 2.45) is 5.92 Å². The predicted octanol–water partition coefficient (Wildman–Crippen LogP) is -5.86. The summed E-state index contributed by atoms with van der Waals surface area (Å²) < 4.78 is 27.9. The van der Waals surface area contributed by atoms with Gasteiger partial charge in [-0.05, 0) is 11.6 Å². The van der Waals surface area contributed by atoms with E-state index in [0.717, 1.165) is 6.26 Å². The molecule has 0 aromatic rings. The molecule has 0 aromatic carbocycles. The molecule has 10 N–H and O–H groups in total. The molecule has 0 radical (unpaired) electrons. The number of rotatable bonds is 7. The minimum atomic E-state index is -1.83. The number of ether oxygens (including phenoxy) is 5. The summed E-state index contributed by atoms with van der Waals surface area (Å²) in [5.74, 6) is -1.16. The first kappa shape index (κ1) is 27.7. The van der Waals surface area contributed by atoms with E-state index in [1.54, 1.807) is 0 Å². The van der Waals surface area contributed by atoms with E-state index in [-0.39, 0.29) is 5.57 Å². The number of aliphatic hydroxyl groups is 10. The molecule has 4 aliphatic rings. The molecule has 3 heterocycles. The molecule has 0 amide bonds. The van der Waals surface area contributed by atoms with Crippen molar-refractivity contribution in [2.45, 2.75) is 79.4 Å². The summed E-state index contributed by atoms with van der Waals surface area (Å²) in [6, 6.07) is 0. The summed E-state index contributed by atoms with van der Waals surface area (Å²) in [5, 5.41) is 101. The number of aliphatic hydroxyl groups excluding tert-OH is 10. The van der Waals surface area contributed by atoms with Crippen molar-refractivity contribution in [1.82, 2.24) is 0 Å². The molecule has 0 spiro atoms. The van der Waals surface area contributed by atoms with Gasteiger partial charge >= 0.3 is 0 Å². The topological polar surface area (TPSA) is 248 Å². The SMILES string of the molecule is OCC1=C[C@H](O)[C@@]2(O[C@H]3O[C@@H](CO)[C@H](O)[C@@H](O)[C@@H]3O)C=CO[C@H](O[C@H]3O[C@@H](CO)[C@H](O)[C@@H](O)[C@@H]3O)[C@@H]12. The van der Waals surface area contributed by atoms with E-state index in [0.29, 0.717) is 0 Å². The normalized spacial score (nSPS) is 50.9. The lowest BCUT2D eigenvalue weighted by Gasteiger charge is -2.48. The van der Waals surface area contributed by atoms with Gasteiger partial charge in [-0.3, -0.25) is 0 Å². The zero-order valence-corrected chi connectivity index (χ0v) is 18.9. The summed E-state index contributed by atoms with van der Waals surface area (Å²) >= 11 is 0. The Labute approximate surface area is 204 Å². The third kappa shape index (κ3) is 4.59. The van der Waals surface area contributed by atoms with Gasteiger partial charge in [0, 0.05) is 0 Å². The molecule has 36 heavy (non-hydrogen) atoms. The maximum absolute atomic E-state index is 10.9. The van der Waals surface area contributed by atoms with Gasteiger partial charge in [0.1, 0.15) is 60.5 Å². The molecule has 3 aliphatic heterocycles. The van der Waals surface area contributed by atoms with Gasteiger partial charge in [0.15, 0.2) is 12.6 Å². The highest BCUT2D eigenvalue weighted by atomic mass is 16.8. The van der Waals surface area contributed by atoms with Crippen molar-refractivity contribution in [3.8, 4) is 0 Å². The number of hydrogen-bond acceptors (Lipinski definition) is 15. The van der Waals surface area contributed by atoms with Crippen molar-refractivity contribution in [1.29, 1.82) is 0 Å². The average Bonchev–Trinajstić information content (AvgIpc) is 3.16. The smallest absolute Gasteiger partial charge is 0.211 e. The van der Waals surface area contributed by atoms with Crippen molar-refractivity contribution < 1.29 is 74.7 Å². The molecule has 0 saturated carbocycles. The van der Waals surface area contributed by atoms with Gasteiger partial charge in [-0.1, -0.05) is 6.08 Å². The predicted molar refractivity (Wildman–Crippen MR) is 111 cm³/mol. The van der Waals surface area contributed by atoms with Crippen LogP contribution in [0.4, 0.5) is 0 Å². The average molecular weight is 524 g/mol. The monoisotopic (exact) mass is 524 g/mol. The summed E-state index contributed by atoms with van der Waals surface area (Å²) in [7, 11) is 0. The quantitative estimate of drug-likeness (QED) is 0.139. The minimum absolute atomic E-state index is 0.158. The lowest BCUT2D eigenvalue weighted by molar-refractivity contribution is -0.362. The van der Waals surface area contributed by atoms with E-state index in [2.05, 4.69) is 0 Å². The lowest BCUT2D eigenvalue weighted by atomic mass is 9.82. The van der Waals surface area contributed by atoms with Gasteiger partial charge in [0.2, 0.25) is 6.29 Å². The molecule has 15 heteroatoms. The zero-order chi connectivity index (χ0) is 26.4. The molecule has 0 aromatic heterocycles. The van der Waals surface area contributed by atoms with Crippen molar-refractivity contribution in [3.05, 3.63) is 24.0 Å². The zero-order valence-electron chi connectivity index (χ0n) is 18.9. The van der Waals surface area contributed by atoms with Gasteiger partial charge in [-0.15, -0.1) is 0 Å². The molecule has 0 bridgehead atoms. The molecule has 2 fully saturated rings. The van der Waals surface area contributed by atoms with Crippen LogP contribution in [0, 0.1) is 5.92 Å². The van der Waals surface area contributed by atoms with Gasteiger partial charge in [0.25, 0.3) is 0 Å². The van der Waals surface area contributed by atoms with Gasteiger partial charge in [-0.25, -0.2) is 0 Å². The summed E-state index contributed by atoms with van der Waals surface area (Å²) in [5.41, 5.74) is -1.67. The first-order chi connectivity index (χ1) is 17.1. The molecule has 15 nitrogen and oxygen atoms in total. The Morgan fingerprint density at radius 1 is 0.722 bits per heavy atom. The van der Waals surface area contributed by atoms with E-state index in [9.17, 15) is 51.1 Å². The van der Waals surface area contributed by atoms with Crippen LogP contribution in [0.15, 0.2) is 24.0 Å². The molecule has 14 atom stereocenters. The van der Waals surface area contributed by atoms with Crippen LogP contribution in [0.2, 0.25) is 0 Å². The fourth-order valence-corrected chi connectivity index (χ4v) is 4.92. The second-order valence-electron chi connectivity index (χ2n) is 9.13. The molecule has 4 rings (SSSR count). The van der Waals surface area contributed by atoms with Crippen LogP contribution < -0.4 is 0 Å². The molecule has 2 saturated heterocycles. The Hall–Kier alpha value is -1.28. The highest BCUT2D eigenvalue weighted by Gasteiger charge is 2.60. The molecular weight excluding hydrogens is 492 g/mol. The largest absolute Gasteiger partial charge is 0.472 e. The lowest BCUT2D eigenvalue weighted by Crippen LogP contribution is -2.64. The molecule has 1 aliphatic carbocycles. The first-order valence-corrected chi connectivity index (χ1v) is 11.4. The fourth-order valence-electron chi connectivity index (χ4n) is 4.92. The highest BCUT2D eigenvalue weighted by Crippen LogP contribution is 2.47. The Bertz CT molecular complexity index is 819. The van der Waals surface area contributed by atoms with E-state index < -0.39 is 105 Å². The second kappa shape index (κ2) is 10.8. The van der Waals surface area contributed by atoms with Gasteiger partial charge < -0.3 is 74.7 Å². The Morgan fingerprint density at radius 3 is 1.83 bits per heavy atom. The molecule has 206 valence electrons. The highest BCUT2D eigenvalue weighted by molar-refractivity contribution is 5.34. The van der Waals surface area contributed by atoms with Crippen molar-refractivity contribution in [2.75, 3.05) is 19.8 Å². The van der Waals surface area contributed by atoms with Crippen LogP contribution >= 0.6 is 0 Å². The number of hydrogen-bond donors (Lipinski definition) is 10. The number of fused-ring (bicyclic) bond motifs is 1. The van der Waals surface area contributed by atoms with E-state index in [4.69, 9.17) is 23.7 Å². The van der Waals surface area contributed by atoms with Gasteiger partial charge in [-0.2, -0.15) is 0 Å². The standard InChI is InChI=1S/C21H32O15/c22-4-7-3-10(25)21(36-20-17(31)15(29)13(27)9(6-24)34-20)1-2-32-18(11(7)21)35-19-16(30)14(28)12(26)8(5-23)33-19/h1-3,8-20,22-31H,4-6H2/t8-,9-,10-,11+,12-,13-,14+,15+,16-,17-,18+,19+,20+,21-/m0/s1. The maximum Gasteiger partial charge on any atom is 0.211 e. The Morgan fingerprint density at radius 2 is 1.28 bits per heavy atom.